The van der Waals surface area contributed by atoms with Gasteiger partial charge in [0.1, 0.15) is 7.40 Å². The number of halogens is 4. The second-order valence-electron chi connectivity index (χ2n) is 1.39. The lowest BCUT2D eigenvalue weighted by molar-refractivity contribution is 1.12. The van der Waals surface area contributed by atoms with Crippen LogP contribution in [0.3, 0.4) is 0 Å². The third-order valence-electron chi connectivity index (χ3n) is 0.733. The molecule has 0 bridgehead atoms. The van der Waals surface area contributed by atoms with Crippen molar-refractivity contribution < 1.29 is 0 Å². The average molecular weight is 401 g/mol. The van der Waals surface area contributed by atoms with Crippen LogP contribution in [0.1, 0.15) is 0 Å². The van der Waals surface area contributed by atoms with Crippen LogP contribution in [0.2, 0.25) is 10.3 Å². The summed E-state index contributed by atoms with van der Waals surface area (Å²) in [4.78, 5) is 7.85. The molecule has 1 heterocycles. The Kier molecular flexibility index (Phi) is 3.39. The van der Waals surface area contributed by atoms with E-state index in [1.807, 2.05) is 45.2 Å². The molecule has 0 aliphatic rings. The summed E-state index contributed by atoms with van der Waals surface area (Å²) in [5, 5.41) is 0.706. The standard InChI is InChI=1S/C4Cl2I2N2/c5-1-3(7)10-4(8)2(6)9-1. The minimum atomic E-state index is 0.353. The maximum atomic E-state index is 5.62. The molecular weight excluding hydrogens is 401 g/mol. The molecule has 1 aromatic rings. The highest BCUT2D eigenvalue weighted by Gasteiger charge is 2.04. The largest absolute Gasteiger partial charge is 0.229 e. The summed E-state index contributed by atoms with van der Waals surface area (Å²) in [7, 11) is 0. The van der Waals surface area contributed by atoms with Gasteiger partial charge in [-0.3, -0.25) is 0 Å². The van der Waals surface area contributed by atoms with Crippen molar-refractivity contribution in [1.29, 1.82) is 0 Å². The van der Waals surface area contributed by atoms with Gasteiger partial charge in [-0.2, -0.15) is 0 Å². The van der Waals surface area contributed by atoms with Gasteiger partial charge in [-0.1, -0.05) is 23.2 Å². The maximum Gasteiger partial charge on any atom is 0.162 e. The lowest BCUT2D eigenvalue weighted by Crippen LogP contribution is -1.91. The maximum absolute atomic E-state index is 5.62. The van der Waals surface area contributed by atoms with Gasteiger partial charge in [-0.25, -0.2) is 9.97 Å². The Morgan fingerprint density at radius 3 is 1.60 bits per heavy atom. The van der Waals surface area contributed by atoms with Crippen LogP contribution in [-0.4, -0.2) is 9.97 Å². The van der Waals surface area contributed by atoms with Crippen LogP contribution in [0.15, 0.2) is 0 Å². The Balaban J connectivity index is 3.28. The van der Waals surface area contributed by atoms with Crippen LogP contribution in [0.5, 0.6) is 0 Å². The molecule has 0 aromatic carbocycles. The molecule has 10 heavy (non-hydrogen) atoms. The molecule has 0 amide bonds. The van der Waals surface area contributed by atoms with E-state index < -0.39 is 0 Å². The molecular formula is C4Cl2I2N2. The quantitative estimate of drug-likeness (QED) is 0.626. The first-order chi connectivity index (χ1) is 4.61. The number of hydrogen-bond donors (Lipinski definition) is 0. The van der Waals surface area contributed by atoms with Gasteiger partial charge in [-0.15, -0.1) is 0 Å². The number of rotatable bonds is 0. The minimum absolute atomic E-state index is 0.353. The molecule has 1 aromatic heterocycles. The Labute approximate surface area is 95.0 Å². The van der Waals surface area contributed by atoms with E-state index in [-0.39, 0.29) is 0 Å². The van der Waals surface area contributed by atoms with E-state index in [2.05, 4.69) is 9.97 Å². The topological polar surface area (TPSA) is 25.8 Å². The Hall–Kier alpha value is 1.12. The zero-order valence-corrected chi connectivity index (χ0v) is 10.2. The van der Waals surface area contributed by atoms with E-state index in [0.717, 1.165) is 0 Å². The van der Waals surface area contributed by atoms with Crippen molar-refractivity contribution in [3.05, 3.63) is 17.7 Å². The van der Waals surface area contributed by atoms with Gasteiger partial charge in [0.05, 0.1) is 0 Å². The summed E-state index contributed by atoms with van der Waals surface area (Å²) < 4.78 is 1.35. The summed E-state index contributed by atoms with van der Waals surface area (Å²) in [6, 6.07) is 0. The van der Waals surface area contributed by atoms with Gasteiger partial charge in [0.15, 0.2) is 10.3 Å². The molecule has 6 heteroatoms. The Bertz CT molecular complexity index is 215. The first-order valence-electron chi connectivity index (χ1n) is 2.15. The molecule has 0 unspecified atom stereocenters. The van der Waals surface area contributed by atoms with Crippen LogP contribution in [0.25, 0.3) is 0 Å². The van der Waals surface area contributed by atoms with Crippen LogP contribution in [0.4, 0.5) is 0 Å². The van der Waals surface area contributed by atoms with Crippen molar-refractivity contribution in [2.24, 2.45) is 0 Å². The molecule has 54 valence electrons. The summed E-state index contributed by atoms with van der Waals surface area (Å²) in [5.41, 5.74) is 0. The third kappa shape index (κ3) is 2.05. The summed E-state index contributed by atoms with van der Waals surface area (Å²) >= 11 is 15.2. The summed E-state index contributed by atoms with van der Waals surface area (Å²) in [6.45, 7) is 0. The van der Waals surface area contributed by atoms with E-state index in [1.165, 1.54) is 0 Å². The Morgan fingerprint density at radius 1 is 0.900 bits per heavy atom. The fraction of sp³-hybridized carbons (Fsp3) is 0. The second kappa shape index (κ2) is 3.68. The first-order valence-corrected chi connectivity index (χ1v) is 5.06. The molecule has 0 radical (unpaired) electrons. The molecule has 0 fully saturated rings. The van der Waals surface area contributed by atoms with Crippen molar-refractivity contribution in [1.82, 2.24) is 9.97 Å². The fourth-order valence-corrected chi connectivity index (χ4v) is 1.84. The van der Waals surface area contributed by atoms with Gasteiger partial charge in [-0.05, 0) is 45.2 Å². The summed E-state index contributed by atoms with van der Waals surface area (Å²) in [6.07, 6.45) is 0. The van der Waals surface area contributed by atoms with Crippen LogP contribution in [-0.2, 0) is 0 Å². The van der Waals surface area contributed by atoms with Crippen molar-refractivity contribution in [2.75, 3.05) is 0 Å². The second-order valence-corrected chi connectivity index (χ2v) is 4.15. The van der Waals surface area contributed by atoms with Crippen LogP contribution >= 0.6 is 68.4 Å². The van der Waals surface area contributed by atoms with E-state index in [0.29, 0.717) is 17.7 Å². The van der Waals surface area contributed by atoms with E-state index in [4.69, 9.17) is 23.2 Å². The van der Waals surface area contributed by atoms with Gasteiger partial charge in [0.25, 0.3) is 0 Å². The molecule has 0 N–H and O–H groups in total. The zero-order chi connectivity index (χ0) is 7.72. The highest BCUT2D eigenvalue weighted by atomic mass is 127. The molecule has 0 saturated heterocycles. The van der Waals surface area contributed by atoms with Crippen molar-refractivity contribution in [2.45, 2.75) is 0 Å². The SMILES string of the molecule is Clc1nc(Cl)c(I)nc1I. The predicted molar refractivity (Wildman–Crippen MR) is 57.5 cm³/mol. The molecule has 0 aliphatic carbocycles. The van der Waals surface area contributed by atoms with E-state index >= 15 is 0 Å². The van der Waals surface area contributed by atoms with Crippen molar-refractivity contribution >= 4 is 68.4 Å². The molecule has 0 spiro atoms. The Morgan fingerprint density at radius 2 is 1.30 bits per heavy atom. The lowest BCUT2D eigenvalue weighted by Gasteiger charge is -1.96. The minimum Gasteiger partial charge on any atom is -0.229 e. The highest BCUT2D eigenvalue weighted by molar-refractivity contribution is 14.1. The van der Waals surface area contributed by atoms with Crippen molar-refractivity contribution in [3.63, 3.8) is 0 Å². The molecule has 0 atom stereocenters. The molecule has 0 aliphatic heterocycles. The van der Waals surface area contributed by atoms with Gasteiger partial charge >= 0.3 is 0 Å². The van der Waals surface area contributed by atoms with E-state index in [1.54, 1.807) is 0 Å². The van der Waals surface area contributed by atoms with Crippen LogP contribution in [0, 0.1) is 7.40 Å². The van der Waals surface area contributed by atoms with Gasteiger partial charge in [0, 0.05) is 0 Å². The lowest BCUT2D eigenvalue weighted by atomic mass is 10.8. The predicted octanol–water partition coefficient (Wildman–Crippen LogP) is 2.99. The highest BCUT2D eigenvalue weighted by Crippen LogP contribution is 2.20. The number of hydrogen-bond acceptors (Lipinski definition) is 2. The zero-order valence-electron chi connectivity index (χ0n) is 4.41. The molecule has 2 nitrogen and oxygen atoms in total. The fourth-order valence-electron chi connectivity index (χ4n) is 0.357. The van der Waals surface area contributed by atoms with E-state index in [9.17, 15) is 0 Å². The normalized spacial score (nSPS) is 10.0. The monoisotopic (exact) mass is 400 g/mol. The third-order valence-corrected chi connectivity index (χ3v) is 3.40. The average Bonchev–Trinajstić information content (AvgIpc) is 1.84. The summed E-state index contributed by atoms with van der Waals surface area (Å²) in [5.74, 6) is 0. The smallest absolute Gasteiger partial charge is 0.162 e. The molecule has 1 rings (SSSR count). The first kappa shape index (κ1) is 9.21. The van der Waals surface area contributed by atoms with Gasteiger partial charge in [0.2, 0.25) is 0 Å². The molecule has 0 saturated carbocycles. The van der Waals surface area contributed by atoms with Crippen LogP contribution < -0.4 is 0 Å². The number of nitrogens with zero attached hydrogens (tertiary/aromatic N) is 2. The number of aromatic nitrogens is 2. The van der Waals surface area contributed by atoms with Gasteiger partial charge < -0.3 is 0 Å². The van der Waals surface area contributed by atoms with Crippen molar-refractivity contribution in [3.8, 4) is 0 Å².